The lowest BCUT2D eigenvalue weighted by Crippen LogP contribution is -2.23. The molecule has 0 heterocycles. The van der Waals surface area contributed by atoms with Crippen LogP contribution in [0, 0.1) is 0 Å². The molecule has 0 saturated carbocycles. The van der Waals surface area contributed by atoms with Crippen molar-refractivity contribution in [3.63, 3.8) is 0 Å². The summed E-state index contributed by atoms with van der Waals surface area (Å²) in [6, 6.07) is 11.1. The Kier molecular flexibility index (Phi) is 4.87. The van der Waals surface area contributed by atoms with Gasteiger partial charge in [-0.3, -0.25) is 0 Å². The zero-order valence-electron chi connectivity index (χ0n) is 11.2. The number of sulfonamides is 1. The first kappa shape index (κ1) is 15.8. The predicted molar refractivity (Wildman–Crippen MR) is 82.8 cm³/mol. The molecule has 0 fully saturated rings. The SMILES string of the molecule is COc1ccc(Br)cc1S(=O)(=O)NCc1ccc(O)cc1. The van der Waals surface area contributed by atoms with Crippen LogP contribution in [0.4, 0.5) is 0 Å². The molecule has 112 valence electrons. The first-order valence-corrected chi connectivity index (χ1v) is 8.31. The summed E-state index contributed by atoms with van der Waals surface area (Å²) in [5, 5.41) is 9.20. The average molecular weight is 372 g/mol. The number of rotatable bonds is 5. The highest BCUT2D eigenvalue weighted by Gasteiger charge is 2.19. The lowest BCUT2D eigenvalue weighted by molar-refractivity contribution is 0.402. The molecule has 0 aliphatic heterocycles. The summed E-state index contributed by atoms with van der Waals surface area (Å²) in [5.74, 6) is 0.409. The van der Waals surface area contributed by atoms with Gasteiger partial charge in [-0.2, -0.15) is 0 Å². The minimum atomic E-state index is -3.70. The fourth-order valence-corrected chi connectivity index (χ4v) is 3.45. The van der Waals surface area contributed by atoms with Crippen LogP contribution < -0.4 is 9.46 Å². The molecule has 0 amide bonds. The Balaban J connectivity index is 2.22. The fraction of sp³-hybridized carbons (Fsp3) is 0.143. The third kappa shape index (κ3) is 3.96. The van der Waals surface area contributed by atoms with E-state index >= 15 is 0 Å². The maximum atomic E-state index is 12.3. The quantitative estimate of drug-likeness (QED) is 0.846. The molecule has 2 N–H and O–H groups in total. The van der Waals surface area contributed by atoms with E-state index in [1.807, 2.05) is 0 Å². The number of benzene rings is 2. The van der Waals surface area contributed by atoms with Gasteiger partial charge in [0.2, 0.25) is 10.0 Å². The summed E-state index contributed by atoms with van der Waals surface area (Å²) >= 11 is 3.25. The number of phenols is 1. The van der Waals surface area contributed by atoms with Crippen LogP contribution in [0.5, 0.6) is 11.5 Å². The van der Waals surface area contributed by atoms with Crippen molar-refractivity contribution in [2.45, 2.75) is 11.4 Å². The van der Waals surface area contributed by atoms with Crippen LogP contribution in [0.25, 0.3) is 0 Å². The lowest BCUT2D eigenvalue weighted by Gasteiger charge is -2.11. The first-order valence-electron chi connectivity index (χ1n) is 6.03. The van der Waals surface area contributed by atoms with Gasteiger partial charge in [0.25, 0.3) is 0 Å². The van der Waals surface area contributed by atoms with Crippen LogP contribution in [-0.4, -0.2) is 20.6 Å². The summed E-state index contributed by atoms with van der Waals surface area (Å²) in [5.41, 5.74) is 0.741. The number of ether oxygens (including phenoxy) is 1. The van der Waals surface area contributed by atoms with E-state index < -0.39 is 10.0 Å². The molecule has 21 heavy (non-hydrogen) atoms. The first-order chi connectivity index (χ1) is 9.92. The maximum Gasteiger partial charge on any atom is 0.244 e. The molecule has 0 saturated heterocycles. The monoisotopic (exact) mass is 371 g/mol. The maximum absolute atomic E-state index is 12.3. The van der Waals surface area contributed by atoms with E-state index in [1.54, 1.807) is 24.3 Å². The molecule has 2 rings (SSSR count). The summed E-state index contributed by atoms with van der Waals surface area (Å²) < 4.78 is 32.9. The molecular formula is C14H14BrNO4S. The number of methoxy groups -OCH3 is 1. The molecule has 0 spiro atoms. The Hall–Kier alpha value is -1.57. The number of nitrogens with one attached hydrogen (secondary N) is 1. The Morgan fingerprint density at radius 1 is 1.19 bits per heavy atom. The minimum absolute atomic E-state index is 0.0677. The summed E-state index contributed by atoms with van der Waals surface area (Å²) in [7, 11) is -2.28. The summed E-state index contributed by atoms with van der Waals surface area (Å²) in [4.78, 5) is 0.0677. The van der Waals surface area contributed by atoms with E-state index in [9.17, 15) is 13.5 Å². The van der Waals surface area contributed by atoms with Gasteiger partial charge in [-0.15, -0.1) is 0 Å². The zero-order chi connectivity index (χ0) is 15.5. The van der Waals surface area contributed by atoms with Gasteiger partial charge in [0.15, 0.2) is 0 Å². The molecule has 2 aromatic rings. The van der Waals surface area contributed by atoms with Crippen LogP contribution in [0.3, 0.4) is 0 Å². The van der Waals surface area contributed by atoms with Crippen molar-refractivity contribution >= 4 is 26.0 Å². The molecule has 5 nitrogen and oxygen atoms in total. The molecule has 2 aromatic carbocycles. The summed E-state index contributed by atoms with van der Waals surface area (Å²) in [6.45, 7) is 0.123. The van der Waals surface area contributed by atoms with Crippen LogP contribution in [0.2, 0.25) is 0 Å². The van der Waals surface area contributed by atoms with E-state index in [0.717, 1.165) is 5.56 Å². The Morgan fingerprint density at radius 2 is 1.86 bits per heavy atom. The van der Waals surface area contributed by atoms with Gasteiger partial charge in [-0.25, -0.2) is 13.1 Å². The topological polar surface area (TPSA) is 75.6 Å². The zero-order valence-corrected chi connectivity index (χ0v) is 13.6. The molecule has 0 atom stereocenters. The number of hydrogen-bond donors (Lipinski definition) is 2. The van der Waals surface area contributed by atoms with Crippen molar-refractivity contribution < 1.29 is 18.3 Å². The number of hydrogen-bond acceptors (Lipinski definition) is 4. The number of phenolic OH excluding ortho intramolecular Hbond substituents is 1. The molecule has 0 bridgehead atoms. The molecule has 0 aromatic heterocycles. The van der Waals surface area contributed by atoms with Crippen molar-refractivity contribution in [1.29, 1.82) is 0 Å². The second kappa shape index (κ2) is 6.46. The van der Waals surface area contributed by atoms with Gasteiger partial charge in [0.1, 0.15) is 16.4 Å². The van der Waals surface area contributed by atoms with Gasteiger partial charge in [-0.05, 0) is 35.9 Å². The minimum Gasteiger partial charge on any atom is -0.508 e. The van der Waals surface area contributed by atoms with Crippen molar-refractivity contribution in [3.8, 4) is 11.5 Å². The van der Waals surface area contributed by atoms with E-state index in [4.69, 9.17) is 4.74 Å². The van der Waals surface area contributed by atoms with Gasteiger partial charge >= 0.3 is 0 Å². The van der Waals surface area contributed by atoms with Gasteiger partial charge < -0.3 is 9.84 Å². The Morgan fingerprint density at radius 3 is 2.48 bits per heavy atom. The van der Waals surface area contributed by atoms with Crippen LogP contribution in [-0.2, 0) is 16.6 Å². The molecular weight excluding hydrogens is 358 g/mol. The number of halogens is 1. The molecule has 0 aliphatic rings. The molecule has 7 heteroatoms. The fourth-order valence-electron chi connectivity index (χ4n) is 1.73. The van der Waals surface area contributed by atoms with E-state index in [0.29, 0.717) is 4.47 Å². The Labute approximate surface area is 131 Å². The average Bonchev–Trinajstić information content (AvgIpc) is 2.47. The van der Waals surface area contributed by atoms with Crippen molar-refractivity contribution in [2.75, 3.05) is 7.11 Å². The van der Waals surface area contributed by atoms with Crippen LogP contribution in [0.15, 0.2) is 51.8 Å². The van der Waals surface area contributed by atoms with Crippen molar-refractivity contribution in [1.82, 2.24) is 4.72 Å². The molecule has 0 unspecified atom stereocenters. The second-order valence-corrected chi connectivity index (χ2v) is 6.94. The van der Waals surface area contributed by atoms with E-state index in [1.165, 1.54) is 25.3 Å². The second-order valence-electron chi connectivity index (χ2n) is 4.29. The smallest absolute Gasteiger partial charge is 0.244 e. The van der Waals surface area contributed by atoms with Crippen molar-refractivity contribution in [2.24, 2.45) is 0 Å². The van der Waals surface area contributed by atoms with E-state index in [-0.39, 0.29) is 22.9 Å². The highest BCUT2D eigenvalue weighted by Crippen LogP contribution is 2.27. The standard InChI is InChI=1S/C14H14BrNO4S/c1-20-13-7-4-11(15)8-14(13)21(18,19)16-9-10-2-5-12(17)6-3-10/h2-8,16-17H,9H2,1H3. The highest BCUT2D eigenvalue weighted by atomic mass is 79.9. The van der Waals surface area contributed by atoms with Gasteiger partial charge in [0, 0.05) is 11.0 Å². The number of aromatic hydroxyl groups is 1. The Bertz CT molecular complexity index is 729. The van der Waals surface area contributed by atoms with Gasteiger partial charge in [-0.1, -0.05) is 28.1 Å². The third-order valence-electron chi connectivity index (χ3n) is 2.82. The van der Waals surface area contributed by atoms with Crippen molar-refractivity contribution in [3.05, 3.63) is 52.5 Å². The largest absolute Gasteiger partial charge is 0.508 e. The van der Waals surface area contributed by atoms with Crippen LogP contribution >= 0.6 is 15.9 Å². The highest BCUT2D eigenvalue weighted by molar-refractivity contribution is 9.10. The predicted octanol–water partition coefficient (Wildman–Crippen LogP) is 2.64. The normalized spacial score (nSPS) is 11.3. The third-order valence-corrected chi connectivity index (χ3v) is 4.73. The van der Waals surface area contributed by atoms with Crippen LogP contribution in [0.1, 0.15) is 5.56 Å². The molecule has 0 radical (unpaired) electrons. The lowest BCUT2D eigenvalue weighted by atomic mass is 10.2. The van der Waals surface area contributed by atoms with E-state index in [2.05, 4.69) is 20.7 Å². The summed E-state index contributed by atoms with van der Waals surface area (Å²) in [6.07, 6.45) is 0. The van der Waals surface area contributed by atoms with Gasteiger partial charge in [0.05, 0.1) is 7.11 Å². The molecule has 0 aliphatic carbocycles.